The quantitative estimate of drug-likeness (QED) is 0.710. The molecule has 2 aromatic carbocycles. The summed E-state index contributed by atoms with van der Waals surface area (Å²) in [6.45, 7) is 1.60. The molecule has 4 rings (SSSR count). The molecule has 1 heterocycles. The number of hydrogen-bond acceptors (Lipinski definition) is 4. The summed E-state index contributed by atoms with van der Waals surface area (Å²) in [6, 6.07) is 13.8. The van der Waals surface area contributed by atoms with Gasteiger partial charge in [-0.2, -0.15) is 4.31 Å². The molecule has 1 saturated heterocycles. The molecule has 1 aliphatic heterocycles. The van der Waals surface area contributed by atoms with Crippen molar-refractivity contribution >= 4 is 15.9 Å². The summed E-state index contributed by atoms with van der Waals surface area (Å²) in [7, 11) is -2.02. The van der Waals surface area contributed by atoms with E-state index < -0.39 is 15.8 Å². The van der Waals surface area contributed by atoms with Crippen LogP contribution < -0.4 is 0 Å². The fourth-order valence-electron chi connectivity index (χ4n) is 4.53. The number of benzene rings is 2. The van der Waals surface area contributed by atoms with E-state index in [9.17, 15) is 17.6 Å². The minimum Gasteiger partial charge on any atom is -0.338 e. The van der Waals surface area contributed by atoms with Crippen LogP contribution in [0, 0.1) is 5.82 Å². The molecule has 2 aliphatic rings. The fraction of sp³-hybridized carbons (Fsp3) is 0.435. The molecule has 0 spiro atoms. The number of halogens is 1. The van der Waals surface area contributed by atoms with Crippen molar-refractivity contribution in [2.45, 2.75) is 30.2 Å². The number of amides is 1. The predicted molar refractivity (Wildman–Crippen MR) is 116 cm³/mol. The molecule has 6 nitrogen and oxygen atoms in total. The third kappa shape index (κ3) is 4.51. The molecule has 2 aromatic rings. The molecule has 1 atom stereocenters. The number of carbonyl (C=O) groups excluding carboxylic acids is 1. The molecule has 0 unspecified atom stereocenters. The zero-order chi connectivity index (χ0) is 22.0. The molecule has 0 saturated carbocycles. The molecule has 1 fully saturated rings. The molecule has 31 heavy (non-hydrogen) atoms. The standard InChI is InChI=1S/C23H28FN3O3S/c1-25(21-11-6-8-18-7-2-3-9-19(18)21)23(28)17-26-13-15-27(16-14-26)31(29,30)22-12-5-4-10-20(22)24/h2-5,7,9-10,12,21H,6,8,11,13-17H2,1H3/t21-/m1/s1. The van der Waals surface area contributed by atoms with Crippen LogP contribution in [0.5, 0.6) is 0 Å². The summed E-state index contributed by atoms with van der Waals surface area (Å²) in [5, 5.41) is 0. The van der Waals surface area contributed by atoms with Crippen LogP contribution in [0.1, 0.15) is 30.0 Å². The maximum atomic E-state index is 14.0. The molecule has 1 aliphatic carbocycles. The zero-order valence-electron chi connectivity index (χ0n) is 17.7. The number of rotatable bonds is 5. The Morgan fingerprint density at radius 3 is 2.48 bits per heavy atom. The van der Waals surface area contributed by atoms with E-state index in [1.807, 2.05) is 29.0 Å². The van der Waals surface area contributed by atoms with E-state index in [0.717, 1.165) is 25.3 Å². The van der Waals surface area contributed by atoms with Gasteiger partial charge >= 0.3 is 0 Å². The van der Waals surface area contributed by atoms with Crippen LogP contribution >= 0.6 is 0 Å². The van der Waals surface area contributed by atoms with Gasteiger partial charge in [-0.1, -0.05) is 36.4 Å². The number of carbonyl (C=O) groups is 1. The minimum atomic E-state index is -3.88. The van der Waals surface area contributed by atoms with Gasteiger partial charge < -0.3 is 4.90 Å². The van der Waals surface area contributed by atoms with Gasteiger partial charge in [-0.15, -0.1) is 0 Å². The Kier molecular flexibility index (Phi) is 6.41. The molecule has 0 N–H and O–H groups in total. The summed E-state index contributed by atoms with van der Waals surface area (Å²) >= 11 is 0. The van der Waals surface area contributed by atoms with Crippen molar-refractivity contribution in [1.82, 2.24) is 14.1 Å². The largest absolute Gasteiger partial charge is 0.338 e. The third-order valence-electron chi connectivity index (χ3n) is 6.34. The lowest BCUT2D eigenvalue weighted by atomic mass is 9.87. The highest BCUT2D eigenvalue weighted by molar-refractivity contribution is 7.89. The van der Waals surface area contributed by atoms with E-state index in [0.29, 0.717) is 13.1 Å². The normalized spacial score (nSPS) is 20.3. The monoisotopic (exact) mass is 445 g/mol. The van der Waals surface area contributed by atoms with Crippen LogP contribution in [-0.2, 0) is 21.2 Å². The van der Waals surface area contributed by atoms with Crippen molar-refractivity contribution < 1.29 is 17.6 Å². The van der Waals surface area contributed by atoms with Crippen molar-refractivity contribution in [3.63, 3.8) is 0 Å². The number of piperazine rings is 1. The van der Waals surface area contributed by atoms with Gasteiger partial charge in [-0.25, -0.2) is 12.8 Å². The highest BCUT2D eigenvalue weighted by atomic mass is 32.2. The van der Waals surface area contributed by atoms with Gasteiger partial charge in [0, 0.05) is 33.2 Å². The molecule has 166 valence electrons. The van der Waals surface area contributed by atoms with E-state index in [1.54, 1.807) is 0 Å². The summed E-state index contributed by atoms with van der Waals surface area (Å²) in [4.78, 5) is 16.5. The topological polar surface area (TPSA) is 60.9 Å². The van der Waals surface area contributed by atoms with E-state index >= 15 is 0 Å². The Labute approximate surface area is 183 Å². The molecule has 0 radical (unpaired) electrons. The first kappa shape index (κ1) is 21.9. The Morgan fingerprint density at radius 1 is 1.06 bits per heavy atom. The van der Waals surface area contributed by atoms with Crippen LogP contribution in [0.15, 0.2) is 53.4 Å². The van der Waals surface area contributed by atoms with Crippen molar-refractivity contribution in [2.24, 2.45) is 0 Å². The molecular formula is C23H28FN3O3S. The Bertz CT molecular complexity index is 1050. The van der Waals surface area contributed by atoms with Gasteiger partial charge in [0.1, 0.15) is 10.7 Å². The lowest BCUT2D eigenvalue weighted by Crippen LogP contribution is -2.51. The van der Waals surface area contributed by atoms with Crippen LogP contribution in [0.3, 0.4) is 0 Å². The van der Waals surface area contributed by atoms with E-state index in [1.165, 1.54) is 33.6 Å². The highest BCUT2D eigenvalue weighted by Gasteiger charge is 2.32. The predicted octanol–water partition coefficient (Wildman–Crippen LogP) is 2.67. The minimum absolute atomic E-state index is 0.0344. The van der Waals surface area contributed by atoms with Gasteiger partial charge in [0.25, 0.3) is 0 Å². The zero-order valence-corrected chi connectivity index (χ0v) is 18.5. The molecule has 0 aromatic heterocycles. The van der Waals surface area contributed by atoms with Gasteiger partial charge in [0.15, 0.2) is 0 Å². The molecule has 8 heteroatoms. The van der Waals surface area contributed by atoms with Crippen LogP contribution in [-0.4, -0.2) is 68.2 Å². The molecule has 0 bridgehead atoms. The summed E-state index contributed by atoms with van der Waals surface area (Å²) in [5.74, 6) is -0.707. The Hall–Kier alpha value is -2.29. The lowest BCUT2D eigenvalue weighted by molar-refractivity contribution is -0.133. The van der Waals surface area contributed by atoms with Gasteiger partial charge in [0.2, 0.25) is 15.9 Å². The van der Waals surface area contributed by atoms with Crippen LogP contribution in [0.4, 0.5) is 4.39 Å². The third-order valence-corrected chi connectivity index (χ3v) is 8.28. The number of aryl methyl sites for hydroxylation is 1. The second-order valence-electron chi connectivity index (χ2n) is 8.22. The van der Waals surface area contributed by atoms with Crippen LogP contribution in [0.2, 0.25) is 0 Å². The number of fused-ring (bicyclic) bond motifs is 1. The molecule has 1 amide bonds. The Balaban J connectivity index is 1.36. The van der Waals surface area contributed by atoms with Gasteiger partial charge in [-0.3, -0.25) is 9.69 Å². The second kappa shape index (κ2) is 9.06. The van der Waals surface area contributed by atoms with Crippen molar-refractivity contribution in [1.29, 1.82) is 0 Å². The number of sulfonamides is 1. The lowest BCUT2D eigenvalue weighted by Gasteiger charge is -2.37. The molecular weight excluding hydrogens is 417 g/mol. The maximum Gasteiger partial charge on any atom is 0.246 e. The number of likely N-dealkylation sites (N-methyl/N-ethyl adjacent to an activating group) is 1. The maximum absolute atomic E-state index is 14.0. The van der Waals surface area contributed by atoms with Gasteiger partial charge in [-0.05, 0) is 42.5 Å². The van der Waals surface area contributed by atoms with Crippen molar-refractivity contribution in [3.8, 4) is 0 Å². The highest BCUT2D eigenvalue weighted by Crippen LogP contribution is 2.33. The average Bonchev–Trinajstić information content (AvgIpc) is 2.78. The SMILES string of the molecule is CN(C(=O)CN1CCN(S(=O)(=O)c2ccccc2F)CC1)[C@@H]1CCCc2ccccc21. The smallest absolute Gasteiger partial charge is 0.246 e. The van der Waals surface area contributed by atoms with Crippen LogP contribution in [0.25, 0.3) is 0 Å². The summed E-state index contributed by atoms with van der Waals surface area (Å²) in [6.07, 6.45) is 3.06. The van der Waals surface area contributed by atoms with Gasteiger partial charge in [0.05, 0.1) is 12.6 Å². The summed E-state index contributed by atoms with van der Waals surface area (Å²) in [5.41, 5.74) is 2.54. The van der Waals surface area contributed by atoms with E-state index in [2.05, 4.69) is 12.1 Å². The second-order valence-corrected chi connectivity index (χ2v) is 10.1. The van der Waals surface area contributed by atoms with E-state index in [-0.39, 0.29) is 36.5 Å². The number of hydrogen-bond donors (Lipinski definition) is 0. The first-order valence-corrected chi connectivity index (χ1v) is 12.1. The number of nitrogens with zero attached hydrogens (tertiary/aromatic N) is 3. The first-order chi connectivity index (χ1) is 14.9. The average molecular weight is 446 g/mol. The first-order valence-electron chi connectivity index (χ1n) is 10.7. The van der Waals surface area contributed by atoms with E-state index in [4.69, 9.17) is 0 Å². The Morgan fingerprint density at radius 2 is 1.74 bits per heavy atom. The van der Waals surface area contributed by atoms with Crippen molar-refractivity contribution in [3.05, 3.63) is 65.5 Å². The fourth-order valence-corrected chi connectivity index (χ4v) is 6.02. The summed E-state index contributed by atoms with van der Waals surface area (Å²) < 4.78 is 40.8. The van der Waals surface area contributed by atoms with Crippen molar-refractivity contribution in [2.75, 3.05) is 39.8 Å².